The number of aryl methyl sites for hydroxylation is 2. The number of carbonyl (C=O) groups is 1. The van der Waals surface area contributed by atoms with Gasteiger partial charge in [-0.05, 0) is 43.9 Å². The van der Waals surface area contributed by atoms with Crippen molar-refractivity contribution in [2.75, 3.05) is 0 Å². The molecule has 2 aliphatic carbocycles. The smallest absolute Gasteiger partial charge is 0.146 e. The Morgan fingerprint density at radius 2 is 1.94 bits per heavy atom. The maximum atomic E-state index is 11.9. The van der Waals surface area contributed by atoms with Crippen molar-refractivity contribution in [3.05, 3.63) is 29.3 Å². The van der Waals surface area contributed by atoms with Gasteiger partial charge in [-0.25, -0.2) is 0 Å². The lowest BCUT2D eigenvalue weighted by atomic mass is 9.63. The Kier molecular flexibility index (Phi) is 2.69. The number of rotatable bonds is 2. The van der Waals surface area contributed by atoms with Crippen LogP contribution in [0, 0.1) is 19.3 Å². The molecule has 2 heteroatoms. The van der Waals surface area contributed by atoms with Crippen LogP contribution in [0.3, 0.4) is 0 Å². The molecule has 2 nitrogen and oxygen atoms in total. The van der Waals surface area contributed by atoms with E-state index in [0.717, 1.165) is 24.2 Å². The summed E-state index contributed by atoms with van der Waals surface area (Å²) in [5, 5.41) is 0. The van der Waals surface area contributed by atoms with Crippen molar-refractivity contribution in [3.63, 3.8) is 0 Å². The maximum Gasteiger partial charge on any atom is 0.146 e. The van der Waals surface area contributed by atoms with Gasteiger partial charge in [0.1, 0.15) is 17.6 Å². The van der Waals surface area contributed by atoms with E-state index in [1.807, 2.05) is 0 Å². The molecule has 18 heavy (non-hydrogen) atoms. The molecule has 3 rings (SSSR count). The van der Waals surface area contributed by atoms with Crippen molar-refractivity contribution < 1.29 is 9.53 Å². The zero-order valence-electron chi connectivity index (χ0n) is 11.2. The van der Waals surface area contributed by atoms with Crippen LogP contribution in [0.1, 0.15) is 43.2 Å². The topological polar surface area (TPSA) is 26.3 Å². The molecular formula is C16H20O2. The van der Waals surface area contributed by atoms with Gasteiger partial charge in [-0.15, -0.1) is 0 Å². The third kappa shape index (κ3) is 1.66. The predicted octanol–water partition coefficient (Wildman–Crippen LogP) is 3.58. The molecule has 2 aliphatic rings. The van der Waals surface area contributed by atoms with E-state index in [0.29, 0.717) is 12.2 Å². The Labute approximate surface area is 108 Å². The number of benzene rings is 1. The first-order valence-electron chi connectivity index (χ1n) is 6.89. The molecule has 1 atom stereocenters. The summed E-state index contributed by atoms with van der Waals surface area (Å²) in [6.45, 7) is 4.14. The fraction of sp³-hybridized carbons (Fsp3) is 0.562. The number of hydrogen-bond donors (Lipinski definition) is 0. The minimum absolute atomic E-state index is 0.119. The van der Waals surface area contributed by atoms with Crippen molar-refractivity contribution in [3.8, 4) is 5.75 Å². The molecule has 0 radical (unpaired) electrons. The molecule has 2 saturated carbocycles. The number of carbonyl (C=O) groups excluding carboxylic acids is 1. The highest BCUT2D eigenvalue weighted by atomic mass is 16.5. The van der Waals surface area contributed by atoms with Crippen molar-refractivity contribution >= 4 is 5.78 Å². The molecule has 1 spiro atoms. The fourth-order valence-electron chi connectivity index (χ4n) is 3.36. The van der Waals surface area contributed by atoms with Crippen LogP contribution in [0.25, 0.3) is 0 Å². The molecule has 2 fully saturated rings. The molecule has 0 saturated heterocycles. The van der Waals surface area contributed by atoms with E-state index in [1.165, 1.54) is 18.4 Å². The van der Waals surface area contributed by atoms with Gasteiger partial charge in [-0.2, -0.15) is 0 Å². The second-order valence-electron chi connectivity index (χ2n) is 5.87. The Morgan fingerprint density at radius 1 is 1.22 bits per heavy atom. The summed E-state index contributed by atoms with van der Waals surface area (Å²) < 4.78 is 6.15. The van der Waals surface area contributed by atoms with Gasteiger partial charge in [0.15, 0.2) is 0 Å². The highest BCUT2D eigenvalue weighted by Crippen LogP contribution is 2.52. The van der Waals surface area contributed by atoms with Crippen LogP contribution in [-0.4, -0.2) is 11.9 Å². The Hall–Kier alpha value is -1.31. The monoisotopic (exact) mass is 244 g/mol. The van der Waals surface area contributed by atoms with E-state index >= 15 is 0 Å². The summed E-state index contributed by atoms with van der Waals surface area (Å²) in [6.07, 6.45) is 5.14. The lowest BCUT2D eigenvalue weighted by Gasteiger charge is -2.45. The standard InChI is InChI=1S/C16H20O2/c1-11-5-6-12(2)13(9-11)18-15-10-14(17)16(15)7-3-4-8-16/h5-6,9,15H,3-4,7-8,10H2,1-2H3. The quantitative estimate of drug-likeness (QED) is 0.794. The molecule has 1 unspecified atom stereocenters. The van der Waals surface area contributed by atoms with E-state index in [-0.39, 0.29) is 11.5 Å². The minimum Gasteiger partial charge on any atom is -0.489 e. The summed E-state index contributed by atoms with van der Waals surface area (Å²) in [5.41, 5.74) is 2.24. The predicted molar refractivity (Wildman–Crippen MR) is 70.9 cm³/mol. The SMILES string of the molecule is Cc1ccc(C)c(OC2CC(=O)C23CCCC3)c1. The summed E-state index contributed by atoms with van der Waals surface area (Å²) in [5.74, 6) is 1.38. The van der Waals surface area contributed by atoms with Gasteiger partial charge >= 0.3 is 0 Å². The van der Waals surface area contributed by atoms with Crippen molar-refractivity contribution in [2.24, 2.45) is 5.41 Å². The van der Waals surface area contributed by atoms with Gasteiger partial charge in [0.25, 0.3) is 0 Å². The molecular weight excluding hydrogens is 224 g/mol. The van der Waals surface area contributed by atoms with Crippen molar-refractivity contribution in [1.82, 2.24) is 0 Å². The third-order valence-electron chi connectivity index (χ3n) is 4.65. The second kappa shape index (κ2) is 4.11. The average molecular weight is 244 g/mol. The first-order chi connectivity index (χ1) is 8.62. The maximum absolute atomic E-state index is 11.9. The van der Waals surface area contributed by atoms with Crippen LogP contribution in [0.5, 0.6) is 5.75 Å². The van der Waals surface area contributed by atoms with Gasteiger partial charge in [-0.3, -0.25) is 4.79 Å². The summed E-state index contributed by atoms with van der Waals surface area (Å²) >= 11 is 0. The third-order valence-corrected chi connectivity index (χ3v) is 4.65. The van der Waals surface area contributed by atoms with Crippen molar-refractivity contribution in [2.45, 2.75) is 52.1 Å². The van der Waals surface area contributed by atoms with Gasteiger partial charge in [0, 0.05) is 6.42 Å². The first kappa shape index (κ1) is 11.8. The molecule has 0 aromatic heterocycles. The van der Waals surface area contributed by atoms with E-state index in [9.17, 15) is 4.79 Å². The van der Waals surface area contributed by atoms with Crippen LogP contribution in [0.15, 0.2) is 18.2 Å². The molecule has 1 aromatic carbocycles. The summed E-state index contributed by atoms with van der Waals surface area (Å²) in [6, 6.07) is 6.27. The number of hydrogen-bond acceptors (Lipinski definition) is 2. The van der Waals surface area contributed by atoms with Crippen LogP contribution in [-0.2, 0) is 4.79 Å². The normalized spacial score (nSPS) is 25.2. The number of ketones is 1. The largest absolute Gasteiger partial charge is 0.489 e. The molecule has 0 amide bonds. The van der Waals surface area contributed by atoms with E-state index in [4.69, 9.17) is 4.74 Å². The van der Waals surface area contributed by atoms with E-state index in [1.54, 1.807) is 0 Å². The van der Waals surface area contributed by atoms with Crippen LogP contribution in [0.4, 0.5) is 0 Å². The van der Waals surface area contributed by atoms with Gasteiger partial charge in [0.05, 0.1) is 5.41 Å². The number of Topliss-reactive ketones (excluding diaryl/α,β-unsaturated/α-hetero) is 1. The summed E-state index contributed by atoms with van der Waals surface area (Å²) in [7, 11) is 0. The number of ether oxygens (including phenoxy) is 1. The molecule has 96 valence electrons. The van der Waals surface area contributed by atoms with Crippen LogP contribution >= 0.6 is 0 Å². The zero-order valence-corrected chi connectivity index (χ0v) is 11.2. The first-order valence-corrected chi connectivity index (χ1v) is 6.89. The molecule has 1 aromatic rings. The van der Waals surface area contributed by atoms with Crippen LogP contribution in [0.2, 0.25) is 0 Å². The minimum atomic E-state index is -0.129. The molecule has 0 N–H and O–H groups in total. The van der Waals surface area contributed by atoms with Crippen LogP contribution < -0.4 is 4.74 Å². The molecule has 0 bridgehead atoms. The van der Waals surface area contributed by atoms with E-state index < -0.39 is 0 Å². The highest BCUT2D eigenvalue weighted by Gasteiger charge is 2.57. The zero-order chi connectivity index (χ0) is 12.8. The highest BCUT2D eigenvalue weighted by molar-refractivity contribution is 5.92. The summed E-state index contributed by atoms with van der Waals surface area (Å²) in [4.78, 5) is 11.9. The van der Waals surface area contributed by atoms with Gasteiger partial charge in [0.2, 0.25) is 0 Å². The second-order valence-corrected chi connectivity index (χ2v) is 5.87. The van der Waals surface area contributed by atoms with E-state index in [2.05, 4.69) is 32.0 Å². The fourth-order valence-corrected chi connectivity index (χ4v) is 3.36. The molecule has 0 aliphatic heterocycles. The average Bonchev–Trinajstić information content (AvgIpc) is 2.85. The Morgan fingerprint density at radius 3 is 2.61 bits per heavy atom. The molecule has 0 heterocycles. The Bertz CT molecular complexity index is 484. The Balaban J connectivity index is 1.81. The van der Waals surface area contributed by atoms with Gasteiger partial charge in [-0.1, -0.05) is 25.0 Å². The lowest BCUT2D eigenvalue weighted by molar-refractivity contribution is -0.151. The lowest BCUT2D eigenvalue weighted by Crippen LogP contribution is -2.55. The van der Waals surface area contributed by atoms with Crippen molar-refractivity contribution in [1.29, 1.82) is 0 Å². The van der Waals surface area contributed by atoms with Gasteiger partial charge < -0.3 is 4.74 Å².